The molecule has 108 valence electrons. The van der Waals surface area contributed by atoms with Crippen molar-refractivity contribution in [2.45, 2.75) is 19.9 Å². The third-order valence-corrected chi connectivity index (χ3v) is 3.59. The second-order valence-corrected chi connectivity index (χ2v) is 5.13. The molecule has 0 saturated carbocycles. The van der Waals surface area contributed by atoms with Gasteiger partial charge < -0.3 is 4.42 Å². The SMILES string of the molecule is Cc1cncc(C(NN)c2oc3ccc(F)cc3c2C)c1. The van der Waals surface area contributed by atoms with Crippen LogP contribution in [0.1, 0.15) is 28.5 Å². The van der Waals surface area contributed by atoms with Gasteiger partial charge in [0.1, 0.15) is 23.2 Å². The van der Waals surface area contributed by atoms with E-state index in [0.29, 0.717) is 11.3 Å². The topological polar surface area (TPSA) is 64.1 Å². The highest BCUT2D eigenvalue weighted by molar-refractivity contribution is 5.82. The van der Waals surface area contributed by atoms with Crippen molar-refractivity contribution in [1.29, 1.82) is 0 Å². The van der Waals surface area contributed by atoms with Gasteiger partial charge in [-0.3, -0.25) is 10.8 Å². The van der Waals surface area contributed by atoms with E-state index in [2.05, 4.69) is 10.4 Å². The van der Waals surface area contributed by atoms with Gasteiger partial charge in [0.15, 0.2) is 0 Å². The number of fused-ring (bicyclic) bond motifs is 1. The van der Waals surface area contributed by atoms with E-state index in [0.717, 1.165) is 22.1 Å². The molecule has 5 heteroatoms. The zero-order valence-corrected chi connectivity index (χ0v) is 11.9. The lowest BCUT2D eigenvalue weighted by molar-refractivity contribution is 0.473. The van der Waals surface area contributed by atoms with E-state index in [1.165, 1.54) is 12.1 Å². The third-order valence-electron chi connectivity index (χ3n) is 3.59. The number of hydrazine groups is 1. The molecule has 0 aliphatic heterocycles. The Labute approximate surface area is 121 Å². The summed E-state index contributed by atoms with van der Waals surface area (Å²) in [5, 5.41) is 0.755. The molecule has 2 heterocycles. The number of benzene rings is 1. The molecule has 0 aliphatic carbocycles. The Morgan fingerprint density at radius 1 is 1.24 bits per heavy atom. The largest absolute Gasteiger partial charge is 0.459 e. The van der Waals surface area contributed by atoms with Gasteiger partial charge in [0, 0.05) is 23.3 Å². The molecule has 0 fully saturated rings. The average molecular weight is 285 g/mol. The fourth-order valence-corrected chi connectivity index (χ4v) is 2.55. The predicted octanol–water partition coefficient (Wildman–Crippen LogP) is 3.14. The van der Waals surface area contributed by atoms with E-state index >= 15 is 0 Å². The van der Waals surface area contributed by atoms with Crippen LogP contribution >= 0.6 is 0 Å². The van der Waals surface area contributed by atoms with Crippen molar-refractivity contribution >= 4 is 11.0 Å². The van der Waals surface area contributed by atoms with Crippen LogP contribution in [0, 0.1) is 19.7 Å². The van der Waals surface area contributed by atoms with Crippen LogP contribution in [0.4, 0.5) is 4.39 Å². The number of nitrogens with one attached hydrogen (secondary N) is 1. The molecule has 3 N–H and O–H groups in total. The molecular weight excluding hydrogens is 269 g/mol. The quantitative estimate of drug-likeness (QED) is 0.573. The Morgan fingerprint density at radius 2 is 2.05 bits per heavy atom. The number of aromatic nitrogens is 1. The van der Waals surface area contributed by atoms with Crippen molar-refractivity contribution in [3.8, 4) is 0 Å². The molecule has 21 heavy (non-hydrogen) atoms. The summed E-state index contributed by atoms with van der Waals surface area (Å²) in [5.41, 5.74) is 6.20. The summed E-state index contributed by atoms with van der Waals surface area (Å²) in [6.07, 6.45) is 3.52. The molecule has 4 nitrogen and oxygen atoms in total. The van der Waals surface area contributed by atoms with Crippen molar-refractivity contribution in [3.63, 3.8) is 0 Å². The van der Waals surface area contributed by atoms with Crippen molar-refractivity contribution in [1.82, 2.24) is 10.4 Å². The van der Waals surface area contributed by atoms with E-state index in [9.17, 15) is 4.39 Å². The second-order valence-electron chi connectivity index (χ2n) is 5.13. The summed E-state index contributed by atoms with van der Waals surface area (Å²) >= 11 is 0. The minimum Gasteiger partial charge on any atom is -0.459 e. The molecule has 0 bridgehead atoms. The summed E-state index contributed by atoms with van der Waals surface area (Å²) < 4.78 is 19.3. The average Bonchev–Trinajstić information content (AvgIpc) is 2.77. The first-order valence-corrected chi connectivity index (χ1v) is 6.66. The summed E-state index contributed by atoms with van der Waals surface area (Å²) in [4.78, 5) is 4.18. The number of furan rings is 1. The maximum atomic E-state index is 13.4. The first kappa shape index (κ1) is 13.7. The van der Waals surface area contributed by atoms with E-state index in [4.69, 9.17) is 10.3 Å². The molecule has 1 unspecified atom stereocenters. The van der Waals surface area contributed by atoms with Crippen molar-refractivity contribution < 1.29 is 8.81 Å². The first-order valence-electron chi connectivity index (χ1n) is 6.66. The minimum atomic E-state index is -0.326. The number of rotatable bonds is 3. The Kier molecular flexibility index (Phi) is 3.45. The Balaban J connectivity index is 2.15. The lowest BCUT2D eigenvalue weighted by Gasteiger charge is -2.15. The van der Waals surface area contributed by atoms with Gasteiger partial charge in [-0.2, -0.15) is 0 Å². The lowest BCUT2D eigenvalue weighted by Crippen LogP contribution is -2.29. The molecular formula is C16H16FN3O. The molecule has 3 aromatic rings. The van der Waals surface area contributed by atoms with Crippen molar-refractivity contribution in [2.24, 2.45) is 5.84 Å². The van der Waals surface area contributed by atoms with Gasteiger partial charge in [-0.15, -0.1) is 0 Å². The molecule has 0 spiro atoms. The first-order chi connectivity index (χ1) is 10.1. The summed E-state index contributed by atoms with van der Waals surface area (Å²) in [7, 11) is 0. The van der Waals surface area contributed by atoms with Gasteiger partial charge in [0.05, 0.1) is 0 Å². The molecule has 2 aromatic heterocycles. The standard InChI is InChI=1S/C16H16FN3O/c1-9-5-11(8-19-7-9)15(20-18)16-10(2)13-6-12(17)3-4-14(13)21-16/h3-8,15,20H,18H2,1-2H3. The number of hydrogen-bond acceptors (Lipinski definition) is 4. The maximum absolute atomic E-state index is 13.4. The monoisotopic (exact) mass is 285 g/mol. The van der Waals surface area contributed by atoms with Gasteiger partial charge in [-0.05, 0) is 43.2 Å². The molecule has 0 amide bonds. The number of nitrogens with two attached hydrogens (primary N) is 1. The van der Waals surface area contributed by atoms with Gasteiger partial charge >= 0.3 is 0 Å². The molecule has 0 saturated heterocycles. The molecule has 1 aromatic carbocycles. The summed E-state index contributed by atoms with van der Waals surface area (Å²) in [6, 6.07) is 6.15. The molecule has 3 rings (SSSR count). The number of pyridine rings is 1. The highest BCUT2D eigenvalue weighted by atomic mass is 19.1. The predicted molar refractivity (Wildman–Crippen MR) is 79.0 cm³/mol. The van der Waals surface area contributed by atoms with Gasteiger partial charge in [-0.1, -0.05) is 6.07 Å². The van der Waals surface area contributed by atoms with E-state index in [1.807, 2.05) is 19.9 Å². The van der Waals surface area contributed by atoms with Gasteiger partial charge in [-0.25, -0.2) is 9.82 Å². The van der Waals surface area contributed by atoms with E-state index in [1.54, 1.807) is 18.5 Å². The fraction of sp³-hybridized carbons (Fsp3) is 0.188. The van der Waals surface area contributed by atoms with Crippen LogP contribution in [0.25, 0.3) is 11.0 Å². The summed E-state index contributed by atoms with van der Waals surface area (Å²) in [6.45, 7) is 3.86. The van der Waals surface area contributed by atoms with Gasteiger partial charge in [0.25, 0.3) is 0 Å². The van der Waals surface area contributed by atoms with E-state index in [-0.39, 0.29) is 11.9 Å². The highest BCUT2D eigenvalue weighted by Gasteiger charge is 2.21. The lowest BCUT2D eigenvalue weighted by atomic mass is 10.0. The van der Waals surface area contributed by atoms with Crippen molar-refractivity contribution in [3.05, 3.63) is 64.9 Å². The maximum Gasteiger partial charge on any atom is 0.134 e. The number of hydrogen-bond donors (Lipinski definition) is 2. The zero-order chi connectivity index (χ0) is 15.0. The third kappa shape index (κ3) is 2.41. The Hall–Kier alpha value is -2.24. The smallest absolute Gasteiger partial charge is 0.134 e. The normalized spacial score (nSPS) is 12.8. The van der Waals surface area contributed by atoms with Crippen LogP contribution in [-0.4, -0.2) is 4.98 Å². The van der Waals surface area contributed by atoms with Crippen LogP contribution in [-0.2, 0) is 0 Å². The van der Waals surface area contributed by atoms with E-state index < -0.39 is 0 Å². The molecule has 0 radical (unpaired) electrons. The van der Waals surface area contributed by atoms with Crippen LogP contribution < -0.4 is 11.3 Å². The van der Waals surface area contributed by atoms with Crippen LogP contribution in [0.3, 0.4) is 0 Å². The number of aryl methyl sites for hydroxylation is 2. The van der Waals surface area contributed by atoms with Crippen LogP contribution in [0.15, 0.2) is 41.1 Å². The summed E-state index contributed by atoms with van der Waals surface area (Å²) in [5.74, 6) is 6.08. The van der Waals surface area contributed by atoms with Crippen molar-refractivity contribution in [2.75, 3.05) is 0 Å². The highest BCUT2D eigenvalue weighted by Crippen LogP contribution is 2.32. The minimum absolute atomic E-state index is 0.285. The number of halogens is 1. The molecule has 1 atom stereocenters. The zero-order valence-electron chi connectivity index (χ0n) is 11.9. The fourth-order valence-electron chi connectivity index (χ4n) is 2.55. The van der Waals surface area contributed by atoms with Crippen LogP contribution in [0.5, 0.6) is 0 Å². The molecule has 0 aliphatic rings. The van der Waals surface area contributed by atoms with Crippen LogP contribution in [0.2, 0.25) is 0 Å². The Morgan fingerprint density at radius 3 is 2.76 bits per heavy atom. The number of nitrogens with zero attached hydrogens (tertiary/aromatic N) is 1. The Bertz CT molecular complexity index is 797. The second kappa shape index (κ2) is 5.27. The van der Waals surface area contributed by atoms with Gasteiger partial charge in [0.2, 0.25) is 0 Å².